The molecule has 0 aliphatic rings. The van der Waals surface area contributed by atoms with E-state index in [0.717, 1.165) is 0 Å². The fourth-order valence-corrected chi connectivity index (χ4v) is 1.76. The van der Waals surface area contributed by atoms with Gasteiger partial charge in [-0.05, 0) is 18.9 Å². The Morgan fingerprint density at radius 3 is 2.33 bits per heavy atom. The lowest BCUT2D eigenvalue weighted by molar-refractivity contribution is -0.275. The first-order valence-corrected chi connectivity index (χ1v) is 5.76. The van der Waals surface area contributed by atoms with Crippen LogP contribution in [0.15, 0.2) is 24.3 Å². The summed E-state index contributed by atoms with van der Waals surface area (Å²) in [6.07, 6.45) is -4.12. The number of halogens is 3. The van der Waals surface area contributed by atoms with Crippen LogP contribution in [0.3, 0.4) is 0 Å². The lowest BCUT2D eigenvalue weighted by Crippen LogP contribution is -2.31. The van der Waals surface area contributed by atoms with Gasteiger partial charge < -0.3 is 9.84 Å². The van der Waals surface area contributed by atoms with Gasteiger partial charge in [-0.15, -0.1) is 13.2 Å². The summed E-state index contributed by atoms with van der Waals surface area (Å²) in [5.41, 5.74) is -1.21. The zero-order valence-electron chi connectivity index (χ0n) is 10.6. The SMILES string of the molecule is CCC(C)C(C)(O)c1ccccc1OC(F)(F)F. The Kier molecular flexibility index (Phi) is 4.27. The van der Waals surface area contributed by atoms with Crippen molar-refractivity contribution in [1.29, 1.82) is 0 Å². The Morgan fingerprint density at radius 2 is 1.83 bits per heavy atom. The van der Waals surface area contributed by atoms with Crippen molar-refractivity contribution in [2.75, 3.05) is 0 Å². The molecule has 5 heteroatoms. The number of alkyl halides is 3. The predicted molar refractivity (Wildman–Crippen MR) is 62.2 cm³/mol. The lowest BCUT2D eigenvalue weighted by atomic mass is 9.82. The molecule has 0 saturated heterocycles. The highest BCUT2D eigenvalue weighted by molar-refractivity contribution is 5.38. The summed E-state index contributed by atoms with van der Waals surface area (Å²) in [5, 5.41) is 10.4. The first kappa shape index (κ1) is 14.8. The molecular formula is C13H17F3O2. The van der Waals surface area contributed by atoms with Crippen molar-refractivity contribution in [3.05, 3.63) is 29.8 Å². The fourth-order valence-electron chi connectivity index (χ4n) is 1.76. The second-order valence-corrected chi connectivity index (χ2v) is 4.50. The van der Waals surface area contributed by atoms with Gasteiger partial charge in [0, 0.05) is 5.56 Å². The molecule has 0 bridgehead atoms. The number of aliphatic hydroxyl groups is 1. The molecule has 0 fully saturated rings. The van der Waals surface area contributed by atoms with E-state index in [9.17, 15) is 18.3 Å². The highest BCUT2D eigenvalue weighted by atomic mass is 19.4. The van der Waals surface area contributed by atoms with E-state index in [-0.39, 0.29) is 17.2 Å². The van der Waals surface area contributed by atoms with E-state index in [2.05, 4.69) is 4.74 Å². The second-order valence-electron chi connectivity index (χ2n) is 4.50. The molecule has 0 aliphatic carbocycles. The van der Waals surface area contributed by atoms with Crippen molar-refractivity contribution < 1.29 is 23.0 Å². The minimum absolute atomic E-state index is 0.150. The number of para-hydroxylation sites is 1. The summed E-state index contributed by atoms with van der Waals surface area (Å²) < 4.78 is 40.8. The van der Waals surface area contributed by atoms with Gasteiger partial charge in [0.05, 0.1) is 5.60 Å². The van der Waals surface area contributed by atoms with E-state index in [1.165, 1.54) is 25.1 Å². The summed E-state index contributed by atoms with van der Waals surface area (Å²) >= 11 is 0. The zero-order valence-corrected chi connectivity index (χ0v) is 10.6. The van der Waals surface area contributed by atoms with Crippen molar-refractivity contribution in [2.45, 2.75) is 39.2 Å². The Hall–Kier alpha value is -1.23. The Bertz CT molecular complexity index is 399. The minimum atomic E-state index is -4.76. The molecule has 1 aromatic rings. The third-order valence-corrected chi connectivity index (χ3v) is 3.23. The van der Waals surface area contributed by atoms with Crippen molar-refractivity contribution in [3.63, 3.8) is 0 Å². The summed E-state index contributed by atoms with van der Waals surface area (Å²) in [5.74, 6) is -0.536. The third kappa shape index (κ3) is 3.38. The monoisotopic (exact) mass is 262 g/mol. The van der Waals surface area contributed by atoms with Gasteiger partial charge in [0.2, 0.25) is 0 Å². The third-order valence-electron chi connectivity index (χ3n) is 3.23. The van der Waals surface area contributed by atoms with Crippen LogP contribution in [-0.4, -0.2) is 11.5 Å². The van der Waals surface area contributed by atoms with Gasteiger partial charge in [-0.2, -0.15) is 0 Å². The summed E-state index contributed by atoms with van der Waals surface area (Å²) in [4.78, 5) is 0. The van der Waals surface area contributed by atoms with Crippen molar-refractivity contribution in [2.24, 2.45) is 5.92 Å². The minimum Gasteiger partial charge on any atom is -0.405 e. The predicted octanol–water partition coefficient (Wildman–Crippen LogP) is 3.84. The van der Waals surface area contributed by atoms with Crippen molar-refractivity contribution >= 4 is 0 Å². The Balaban J connectivity index is 3.16. The molecule has 18 heavy (non-hydrogen) atoms. The van der Waals surface area contributed by atoms with Gasteiger partial charge in [0.15, 0.2) is 0 Å². The fraction of sp³-hybridized carbons (Fsp3) is 0.538. The van der Waals surface area contributed by atoms with Crippen LogP contribution in [0, 0.1) is 5.92 Å². The molecule has 0 saturated carbocycles. The average Bonchev–Trinajstić information content (AvgIpc) is 2.26. The number of benzene rings is 1. The molecule has 1 N–H and O–H groups in total. The molecule has 0 amide bonds. The normalized spacial score (nSPS) is 17.1. The Labute approximate surface area is 104 Å². The molecule has 0 heterocycles. The van der Waals surface area contributed by atoms with Crippen LogP contribution in [0.1, 0.15) is 32.8 Å². The van der Waals surface area contributed by atoms with Gasteiger partial charge in [-0.3, -0.25) is 0 Å². The molecule has 0 spiro atoms. The topological polar surface area (TPSA) is 29.5 Å². The number of hydrogen-bond acceptors (Lipinski definition) is 2. The van der Waals surface area contributed by atoms with Gasteiger partial charge in [0.1, 0.15) is 5.75 Å². The second kappa shape index (κ2) is 5.18. The summed E-state index contributed by atoms with van der Waals surface area (Å²) in [6, 6.07) is 5.68. The first-order chi connectivity index (χ1) is 8.18. The van der Waals surface area contributed by atoms with E-state index >= 15 is 0 Å². The summed E-state index contributed by atoms with van der Waals surface area (Å²) in [7, 11) is 0. The van der Waals surface area contributed by atoms with Gasteiger partial charge in [0.25, 0.3) is 0 Å². The van der Waals surface area contributed by atoms with E-state index in [1.54, 1.807) is 13.0 Å². The van der Waals surface area contributed by atoms with E-state index < -0.39 is 12.0 Å². The van der Waals surface area contributed by atoms with Crippen LogP contribution in [0.2, 0.25) is 0 Å². The van der Waals surface area contributed by atoms with Crippen molar-refractivity contribution in [3.8, 4) is 5.75 Å². The average molecular weight is 262 g/mol. The molecule has 0 aromatic heterocycles. The van der Waals surface area contributed by atoms with E-state index in [4.69, 9.17) is 0 Å². The van der Waals surface area contributed by atoms with Crippen LogP contribution in [0.5, 0.6) is 5.75 Å². The molecule has 1 aromatic carbocycles. The maximum Gasteiger partial charge on any atom is 0.573 e. The van der Waals surface area contributed by atoms with Crippen LogP contribution in [0.4, 0.5) is 13.2 Å². The number of ether oxygens (including phenoxy) is 1. The maximum absolute atomic E-state index is 12.3. The molecule has 2 nitrogen and oxygen atoms in total. The lowest BCUT2D eigenvalue weighted by Gasteiger charge is -2.31. The van der Waals surface area contributed by atoms with Crippen molar-refractivity contribution in [1.82, 2.24) is 0 Å². The van der Waals surface area contributed by atoms with Gasteiger partial charge in [-0.25, -0.2) is 0 Å². The maximum atomic E-state index is 12.3. The molecular weight excluding hydrogens is 245 g/mol. The van der Waals surface area contributed by atoms with E-state index in [0.29, 0.717) is 6.42 Å². The Morgan fingerprint density at radius 1 is 1.28 bits per heavy atom. The first-order valence-electron chi connectivity index (χ1n) is 5.76. The zero-order chi connectivity index (χ0) is 14.0. The molecule has 0 radical (unpaired) electrons. The summed E-state index contributed by atoms with van der Waals surface area (Å²) in [6.45, 7) is 5.15. The molecule has 2 unspecified atom stereocenters. The van der Waals surface area contributed by atoms with Crippen LogP contribution < -0.4 is 4.74 Å². The van der Waals surface area contributed by atoms with Gasteiger partial charge >= 0.3 is 6.36 Å². The quantitative estimate of drug-likeness (QED) is 0.893. The standard InChI is InChI=1S/C13H17F3O2/c1-4-9(2)12(3,17)10-7-5-6-8-11(10)18-13(14,15)16/h5-9,17H,4H2,1-3H3. The van der Waals surface area contributed by atoms with E-state index in [1.807, 2.05) is 6.92 Å². The molecule has 2 atom stereocenters. The largest absolute Gasteiger partial charge is 0.573 e. The van der Waals surface area contributed by atoms with Crippen LogP contribution in [-0.2, 0) is 5.60 Å². The molecule has 0 aliphatic heterocycles. The smallest absolute Gasteiger partial charge is 0.405 e. The molecule has 1 rings (SSSR count). The molecule has 102 valence electrons. The number of hydrogen-bond donors (Lipinski definition) is 1. The van der Waals surface area contributed by atoms with Crippen LogP contribution >= 0.6 is 0 Å². The highest BCUT2D eigenvalue weighted by Crippen LogP contribution is 2.38. The highest BCUT2D eigenvalue weighted by Gasteiger charge is 2.37. The van der Waals surface area contributed by atoms with Crippen LogP contribution in [0.25, 0.3) is 0 Å². The number of rotatable bonds is 4. The van der Waals surface area contributed by atoms with Gasteiger partial charge in [-0.1, -0.05) is 38.5 Å².